The third-order valence-electron chi connectivity index (χ3n) is 2.30. The SMILES string of the molecule is Cc1cc(F)ccc1C(NCC(F)(F)F)C(=O)O. The zero-order valence-electron chi connectivity index (χ0n) is 9.38. The first-order valence-electron chi connectivity index (χ1n) is 4.99. The average Bonchev–Trinajstić information content (AvgIpc) is 2.18. The van der Waals surface area contributed by atoms with Crippen LogP contribution in [0.15, 0.2) is 18.2 Å². The summed E-state index contributed by atoms with van der Waals surface area (Å²) in [7, 11) is 0. The van der Waals surface area contributed by atoms with Crippen LogP contribution in [-0.4, -0.2) is 23.8 Å². The molecule has 1 unspecified atom stereocenters. The highest BCUT2D eigenvalue weighted by atomic mass is 19.4. The van der Waals surface area contributed by atoms with E-state index in [9.17, 15) is 22.4 Å². The minimum atomic E-state index is -4.51. The molecule has 1 rings (SSSR count). The van der Waals surface area contributed by atoms with Gasteiger partial charge in [-0.3, -0.25) is 10.1 Å². The van der Waals surface area contributed by atoms with Gasteiger partial charge in [0.1, 0.15) is 11.9 Å². The van der Waals surface area contributed by atoms with Crippen molar-refractivity contribution in [3.8, 4) is 0 Å². The number of carboxylic acids is 1. The third-order valence-corrected chi connectivity index (χ3v) is 2.30. The van der Waals surface area contributed by atoms with Gasteiger partial charge in [-0.2, -0.15) is 13.2 Å². The summed E-state index contributed by atoms with van der Waals surface area (Å²) in [6.07, 6.45) is -4.51. The first-order chi connectivity index (χ1) is 8.20. The molecule has 0 aromatic heterocycles. The summed E-state index contributed by atoms with van der Waals surface area (Å²) in [4.78, 5) is 10.9. The minimum absolute atomic E-state index is 0.105. The predicted octanol–water partition coefficient (Wildman–Crippen LogP) is 2.41. The van der Waals surface area contributed by atoms with Crippen LogP contribution >= 0.6 is 0 Å². The van der Waals surface area contributed by atoms with Gasteiger partial charge in [0.25, 0.3) is 0 Å². The number of halogens is 4. The fraction of sp³-hybridized carbons (Fsp3) is 0.364. The first kappa shape index (κ1) is 14.4. The van der Waals surface area contributed by atoms with Crippen LogP contribution < -0.4 is 5.32 Å². The van der Waals surface area contributed by atoms with E-state index in [0.717, 1.165) is 18.2 Å². The van der Waals surface area contributed by atoms with Gasteiger partial charge < -0.3 is 5.11 Å². The molecule has 1 atom stereocenters. The molecule has 0 aliphatic heterocycles. The van der Waals surface area contributed by atoms with E-state index < -0.39 is 30.5 Å². The molecule has 0 amide bonds. The Kier molecular flexibility index (Phi) is 4.28. The summed E-state index contributed by atoms with van der Waals surface area (Å²) in [6.45, 7) is 0.00437. The van der Waals surface area contributed by atoms with Crippen LogP contribution in [0.5, 0.6) is 0 Å². The van der Waals surface area contributed by atoms with Crippen molar-refractivity contribution in [3.63, 3.8) is 0 Å². The van der Waals surface area contributed by atoms with Crippen molar-refractivity contribution in [2.45, 2.75) is 19.1 Å². The second-order valence-corrected chi connectivity index (χ2v) is 3.77. The molecule has 3 nitrogen and oxygen atoms in total. The number of carboxylic acid groups (broad SMARTS) is 1. The van der Waals surface area contributed by atoms with Crippen LogP contribution in [0, 0.1) is 12.7 Å². The lowest BCUT2D eigenvalue weighted by molar-refractivity contribution is -0.143. The van der Waals surface area contributed by atoms with E-state index in [1.165, 1.54) is 6.92 Å². The Morgan fingerprint density at radius 2 is 2.06 bits per heavy atom. The Bertz CT molecular complexity index is 445. The van der Waals surface area contributed by atoms with Gasteiger partial charge in [-0.1, -0.05) is 6.07 Å². The summed E-state index contributed by atoms with van der Waals surface area (Å²) in [5.74, 6) is -2.02. The molecule has 0 aliphatic carbocycles. The van der Waals surface area contributed by atoms with E-state index in [1.54, 1.807) is 0 Å². The maximum atomic E-state index is 12.8. The van der Waals surface area contributed by atoms with E-state index in [0.29, 0.717) is 0 Å². The largest absolute Gasteiger partial charge is 0.480 e. The predicted molar refractivity (Wildman–Crippen MR) is 55.6 cm³/mol. The molecule has 0 bridgehead atoms. The molecule has 0 spiro atoms. The molecule has 0 radical (unpaired) electrons. The van der Waals surface area contributed by atoms with Crippen LogP contribution in [0.1, 0.15) is 17.2 Å². The Balaban J connectivity index is 2.95. The van der Waals surface area contributed by atoms with Crippen LogP contribution in [-0.2, 0) is 4.79 Å². The smallest absolute Gasteiger partial charge is 0.401 e. The molecule has 0 aliphatic rings. The number of hydrogen-bond donors (Lipinski definition) is 2. The number of carbonyl (C=O) groups is 1. The fourth-order valence-electron chi connectivity index (χ4n) is 1.51. The summed E-state index contributed by atoms with van der Waals surface area (Å²) in [6, 6.07) is 1.72. The molecular formula is C11H11F4NO2. The lowest BCUT2D eigenvalue weighted by atomic mass is 10.0. The summed E-state index contributed by atoms with van der Waals surface area (Å²) in [5, 5.41) is 10.8. The maximum absolute atomic E-state index is 12.8. The molecule has 0 saturated heterocycles. The molecule has 0 fully saturated rings. The van der Waals surface area contributed by atoms with Gasteiger partial charge >= 0.3 is 12.1 Å². The van der Waals surface area contributed by atoms with Gasteiger partial charge in [0, 0.05) is 0 Å². The lowest BCUT2D eigenvalue weighted by Crippen LogP contribution is -2.36. The molecule has 0 saturated carbocycles. The minimum Gasteiger partial charge on any atom is -0.480 e. The average molecular weight is 265 g/mol. The van der Waals surface area contributed by atoms with Crippen LogP contribution in [0.3, 0.4) is 0 Å². The fourth-order valence-corrected chi connectivity index (χ4v) is 1.51. The second-order valence-electron chi connectivity index (χ2n) is 3.77. The Labute approximate surface area is 100 Å². The molecule has 2 N–H and O–H groups in total. The Morgan fingerprint density at radius 1 is 1.44 bits per heavy atom. The van der Waals surface area contributed by atoms with Gasteiger partial charge in [0.05, 0.1) is 6.54 Å². The highest BCUT2D eigenvalue weighted by molar-refractivity contribution is 5.76. The van der Waals surface area contributed by atoms with Gasteiger partial charge in [-0.25, -0.2) is 4.39 Å². The number of benzene rings is 1. The van der Waals surface area contributed by atoms with Gasteiger partial charge in [0.15, 0.2) is 0 Å². The molecule has 18 heavy (non-hydrogen) atoms. The first-order valence-corrected chi connectivity index (χ1v) is 4.99. The molecule has 1 aromatic carbocycles. The molecular weight excluding hydrogens is 254 g/mol. The van der Waals surface area contributed by atoms with Crippen molar-refractivity contribution in [2.75, 3.05) is 6.54 Å². The van der Waals surface area contributed by atoms with Crippen LogP contribution in [0.25, 0.3) is 0 Å². The third kappa shape index (κ3) is 3.99. The molecule has 100 valence electrons. The standard InChI is InChI=1S/C11H11F4NO2/c1-6-4-7(12)2-3-8(6)9(10(17)18)16-5-11(13,14)15/h2-4,9,16H,5H2,1H3,(H,17,18). The summed E-state index contributed by atoms with van der Waals surface area (Å²) in [5.41, 5.74) is 0.380. The van der Waals surface area contributed by atoms with E-state index in [-0.39, 0.29) is 11.1 Å². The number of aryl methyl sites for hydroxylation is 1. The number of aliphatic carboxylic acids is 1. The molecule has 1 aromatic rings. The highest BCUT2D eigenvalue weighted by Gasteiger charge is 2.31. The van der Waals surface area contributed by atoms with Gasteiger partial charge in [0.2, 0.25) is 0 Å². The highest BCUT2D eigenvalue weighted by Crippen LogP contribution is 2.21. The van der Waals surface area contributed by atoms with Crippen molar-refractivity contribution in [1.82, 2.24) is 5.32 Å². The molecule has 7 heteroatoms. The van der Waals surface area contributed by atoms with Gasteiger partial charge in [-0.15, -0.1) is 0 Å². The monoisotopic (exact) mass is 265 g/mol. The molecule has 0 heterocycles. The number of alkyl halides is 3. The topological polar surface area (TPSA) is 49.3 Å². The second kappa shape index (κ2) is 5.34. The quantitative estimate of drug-likeness (QED) is 0.822. The maximum Gasteiger partial charge on any atom is 0.401 e. The van der Waals surface area contributed by atoms with Crippen molar-refractivity contribution in [3.05, 3.63) is 35.1 Å². The van der Waals surface area contributed by atoms with Crippen molar-refractivity contribution >= 4 is 5.97 Å². The van der Waals surface area contributed by atoms with E-state index in [1.807, 2.05) is 5.32 Å². The zero-order valence-corrected chi connectivity index (χ0v) is 9.38. The van der Waals surface area contributed by atoms with Crippen molar-refractivity contribution < 1.29 is 27.5 Å². The van der Waals surface area contributed by atoms with Crippen molar-refractivity contribution in [1.29, 1.82) is 0 Å². The van der Waals surface area contributed by atoms with E-state index in [4.69, 9.17) is 5.11 Å². The Morgan fingerprint density at radius 3 is 2.50 bits per heavy atom. The normalized spacial score (nSPS) is 13.4. The summed E-state index contributed by atoms with van der Waals surface area (Å²) >= 11 is 0. The van der Waals surface area contributed by atoms with Gasteiger partial charge in [-0.05, 0) is 30.2 Å². The van der Waals surface area contributed by atoms with E-state index >= 15 is 0 Å². The van der Waals surface area contributed by atoms with E-state index in [2.05, 4.69) is 0 Å². The summed E-state index contributed by atoms with van der Waals surface area (Å²) < 4.78 is 49.0. The Hall–Kier alpha value is -1.63. The van der Waals surface area contributed by atoms with Crippen molar-refractivity contribution in [2.24, 2.45) is 0 Å². The number of hydrogen-bond acceptors (Lipinski definition) is 2. The lowest BCUT2D eigenvalue weighted by Gasteiger charge is -2.18. The van der Waals surface area contributed by atoms with Crippen LogP contribution in [0.4, 0.5) is 17.6 Å². The number of rotatable bonds is 4. The van der Waals surface area contributed by atoms with Crippen LogP contribution in [0.2, 0.25) is 0 Å². The number of nitrogens with one attached hydrogen (secondary N) is 1. The zero-order chi connectivity index (χ0) is 13.9.